The Morgan fingerprint density at radius 3 is 2.35 bits per heavy atom. The standard InChI is InChI=1S/C18H13N3O2/c1-13(22)21-16-6-8-17(9-7-16)23-18-5-3-2-4-15(18)10-14(11-19)12-20/h2-10H,1H3,(H,21,22). The molecule has 0 spiro atoms. The first-order valence-corrected chi connectivity index (χ1v) is 6.79. The van der Waals surface area contributed by atoms with Gasteiger partial charge >= 0.3 is 0 Å². The normalized spacial score (nSPS) is 9.17. The Morgan fingerprint density at radius 1 is 1.09 bits per heavy atom. The van der Waals surface area contributed by atoms with Crippen LogP contribution in [0, 0.1) is 22.7 Å². The molecule has 0 aromatic heterocycles. The maximum Gasteiger partial charge on any atom is 0.221 e. The fraction of sp³-hybridized carbons (Fsp3) is 0.0556. The molecule has 112 valence electrons. The van der Waals surface area contributed by atoms with Crippen LogP contribution in [0.2, 0.25) is 0 Å². The van der Waals surface area contributed by atoms with E-state index < -0.39 is 0 Å². The molecular weight excluding hydrogens is 290 g/mol. The number of hydrogen-bond acceptors (Lipinski definition) is 4. The van der Waals surface area contributed by atoms with Gasteiger partial charge in [0, 0.05) is 18.2 Å². The van der Waals surface area contributed by atoms with Crippen LogP contribution in [-0.2, 0) is 4.79 Å². The molecule has 1 amide bonds. The van der Waals surface area contributed by atoms with E-state index in [1.54, 1.807) is 48.5 Å². The second-order valence-corrected chi connectivity index (χ2v) is 4.63. The summed E-state index contributed by atoms with van der Waals surface area (Å²) in [6.07, 6.45) is 1.47. The van der Waals surface area contributed by atoms with Crippen LogP contribution in [0.25, 0.3) is 6.08 Å². The van der Waals surface area contributed by atoms with E-state index in [1.807, 2.05) is 12.1 Å². The minimum Gasteiger partial charge on any atom is -0.457 e. The molecular formula is C18H13N3O2. The minimum absolute atomic E-state index is 0.00190. The fourth-order valence-corrected chi connectivity index (χ4v) is 1.87. The summed E-state index contributed by atoms with van der Waals surface area (Å²) in [4.78, 5) is 11.0. The monoisotopic (exact) mass is 303 g/mol. The highest BCUT2D eigenvalue weighted by molar-refractivity contribution is 5.88. The van der Waals surface area contributed by atoms with Gasteiger partial charge in [-0.2, -0.15) is 10.5 Å². The Labute approximate surface area is 134 Å². The van der Waals surface area contributed by atoms with Gasteiger partial charge in [-0.3, -0.25) is 4.79 Å². The van der Waals surface area contributed by atoms with Crippen LogP contribution in [-0.4, -0.2) is 5.91 Å². The molecule has 0 saturated carbocycles. The summed E-state index contributed by atoms with van der Waals surface area (Å²) >= 11 is 0. The lowest BCUT2D eigenvalue weighted by Crippen LogP contribution is -2.05. The number of benzene rings is 2. The summed E-state index contributed by atoms with van der Waals surface area (Å²) < 4.78 is 5.78. The first-order chi connectivity index (χ1) is 11.1. The third kappa shape index (κ3) is 4.45. The van der Waals surface area contributed by atoms with Crippen LogP contribution in [0.4, 0.5) is 5.69 Å². The first-order valence-electron chi connectivity index (χ1n) is 6.79. The maximum atomic E-state index is 11.0. The zero-order valence-electron chi connectivity index (χ0n) is 12.4. The van der Waals surface area contributed by atoms with Crippen LogP contribution in [0.15, 0.2) is 54.1 Å². The van der Waals surface area contributed by atoms with Gasteiger partial charge in [0.05, 0.1) is 0 Å². The molecule has 0 heterocycles. The largest absolute Gasteiger partial charge is 0.457 e. The Kier molecular flexibility index (Phi) is 5.12. The topological polar surface area (TPSA) is 85.9 Å². The highest BCUT2D eigenvalue weighted by Gasteiger charge is 2.04. The van der Waals surface area contributed by atoms with Crippen molar-refractivity contribution in [2.45, 2.75) is 6.92 Å². The Morgan fingerprint density at radius 2 is 1.74 bits per heavy atom. The number of anilines is 1. The van der Waals surface area contributed by atoms with Gasteiger partial charge in [0.15, 0.2) is 0 Å². The van der Waals surface area contributed by atoms with Crippen molar-refractivity contribution in [3.05, 3.63) is 59.7 Å². The number of carbonyl (C=O) groups is 1. The van der Waals surface area contributed by atoms with Gasteiger partial charge in [-0.25, -0.2) is 0 Å². The van der Waals surface area contributed by atoms with Crippen LogP contribution >= 0.6 is 0 Å². The first kappa shape index (κ1) is 15.8. The van der Waals surface area contributed by atoms with Crippen LogP contribution < -0.4 is 10.1 Å². The predicted octanol–water partition coefficient (Wildman–Crippen LogP) is 3.87. The van der Waals surface area contributed by atoms with E-state index in [1.165, 1.54) is 13.0 Å². The van der Waals surface area contributed by atoms with E-state index >= 15 is 0 Å². The zero-order chi connectivity index (χ0) is 16.7. The van der Waals surface area contributed by atoms with Crippen molar-refractivity contribution in [1.82, 2.24) is 0 Å². The molecule has 0 bridgehead atoms. The van der Waals surface area contributed by atoms with Gasteiger partial charge in [0.25, 0.3) is 0 Å². The Balaban J connectivity index is 2.24. The number of nitrogens with zero attached hydrogens (tertiary/aromatic N) is 2. The van der Waals surface area contributed by atoms with E-state index in [0.717, 1.165) is 0 Å². The van der Waals surface area contributed by atoms with Crippen molar-refractivity contribution in [3.8, 4) is 23.6 Å². The molecule has 0 radical (unpaired) electrons. The van der Waals surface area contributed by atoms with Crippen LogP contribution in [0.5, 0.6) is 11.5 Å². The van der Waals surface area contributed by atoms with Crippen molar-refractivity contribution >= 4 is 17.7 Å². The van der Waals surface area contributed by atoms with Gasteiger partial charge < -0.3 is 10.1 Å². The zero-order valence-corrected chi connectivity index (χ0v) is 12.4. The number of ether oxygens (including phenoxy) is 1. The number of rotatable bonds is 4. The molecule has 0 aliphatic carbocycles. The van der Waals surface area contributed by atoms with Gasteiger partial charge in [-0.15, -0.1) is 0 Å². The molecule has 0 unspecified atom stereocenters. The number of amides is 1. The molecule has 2 aromatic carbocycles. The number of hydrogen-bond donors (Lipinski definition) is 1. The van der Waals surface area contributed by atoms with Crippen molar-refractivity contribution in [2.75, 3.05) is 5.32 Å². The molecule has 0 aliphatic rings. The molecule has 23 heavy (non-hydrogen) atoms. The Bertz CT molecular complexity index is 809. The summed E-state index contributed by atoms with van der Waals surface area (Å²) in [6.45, 7) is 1.44. The highest BCUT2D eigenvalue weighted by atomic mass is 16.5. The van der Waals surface area contributed by atoms with Gasteiger partial charge in [-0.05, 0) is 36.4 Å². The van der Waals surface area contributed by atoms with Crippen molar-refractivity contribution in [3.63, 3.8) is 0 Å². The van der Waals surface area contributed by atoms with E-state index in [-0.39, 0.29) is 11.5 Å². The number of carbonyl (C=O) groups excluding carboxylic acids is 1. The number of allylic oxidation sites excluding steroid dienone is 1. The predicted molar refractivity (Wildman–Crippen MR) is 86.5 cm³/mol. The molecule has 0 atom stereocenters. The SMILES string of the molecule is CC(=O)Nc1ccc(Oc2ccccc2C=C(C#N)C#N)cc1. The lowest BCUT2D eigenvalue weighted by atomic mass is 10.1. The van der Waals surface area contributed by atoms with E-state index in [9.17, 15) is 4.79 Å². The van der Waals surface area contributed by atoms with Gasteiger partial charge in [0.2, 0.25) is 5.91 Å². The fourth-order valence-electron chi connectivity index (χ4n) is 1.87. The lowest BCUT2D eigenvalue weighted by Gasteiger charge is -2.09. The minimum atomic E-state index is -0.144. The van der Waals surface area contributed by atoms with Crippen molar-refractivity contribution in [1.29, 1.82) is 10.5 Å². The second kappa shape index (κ2) is 7.44. The molecule has 0 fully saturated rings. The summed E-state index contributed by atoms with van der Waals surface area (Å²) in [5, 5.41) is 20.4. The third-order valence-corrected chi connectivity index (χ3v) is 2.86. The number of nitrogens with one attached hydrogen (secondary N) is 1. The van der Waals surface area contributed by atoms with Crippen LogP contribution in [0.3, 0.4) is 0 Å². The van der Waals surface area contributed by atoms with E-state index in [2.05, 4.69) is 5.32 Å². The summed E-state index contributed by atoms with van der Waals surface area (Å²) in [5.74, 6) is 0.966. The highest BCUT2D eigenvalue weighted by Crippen LogP contribution is 2.27. The third-order valence-electron chi connectivity index (χ3n) is 2.86. The second-order valence-electron chi connectivity index (χ2n) is 4.63. The average Bonchev–Trinajstić information content (AvgIpc) is 2.55. The molecule has 0 aliphatic heterocycles. The average molecular weight is 303 g/mol. The van der Waals surface area contributed by atoms with E-state index in [4.69, 9.17) is 15.3 Å². The molecule has 0 saturated heterocycles. The molecule has 5 heteroatoms. The van der Waals surface area contributed by atoms with Gasteiger partial charge in [0.1, 0.15) is 29.2 Å². The summed E-state index contributed by atoms with van der Waals surface area (Å²) in [6, 6.07) is 17.7. The van der Waals surface area contributed by atoms with E-state index in [0.29, 0.717) is 22.7 Å². The number of para-hydroxylation sites is 1. The summed E-state index contributed by atoms with van der Waals surface area (Å²) in [7, 11) is 0. The number of nitriles is 2. The molecule has 1 N–H and O–H groups in total. The van der Waals surface area contributed by atoms with Crippen molar-refractivity contribution in [2.24, 2.45) is 0 Å². The quantitative estimate of drug-likeness (QED) is 0.869. The summed E-state index contributed by atoms with van der Waals surface area (Å²) in [5.41, 5.74) is 1.31. The molecule has 2 rings (SSSR count). The van der Waals surface area contributed by atoms with Crippen LogP contribution in [0.1, 0.15) is 12.5 Å². The smallest absolute Gasteiger partial charge is 0.221 e. The van der Waals surface area contributed by atoms with Gasteiger partial charge in [-0.1, -0.05) is 18.2 Å². The molecule has 2 aromatic rings. The Hall–Kier alpha value is -3.57. The molecule has 5 nitrogen and oxygen atoms in total. The lowest BCUT2D eigenvalue weighted by molar-refractivity contribution is -0.114. The maximum absolute atomic E-state index is 11.0. The van der Waals surface area contributed by atoms with Crippen molar-refractivity contribution < 1.29 is 9.53 Å².